The molecule has 3 heterocycles. The van der Waals surface area contributed by atoms with E-state index in [1.807, 2.05) is 23.6 Å². The van der Waals surface area contributed by atoms with Gasteiger partial charge in [-0.15, -0.1) is 0 Å². The molecule has 5 heteroatoms. The molecule has 0 aliphatic carbocycles. The molecule has 0 spiro atoms. The van der Waals surface area contributed by atoms with E-state index in [0.29, 0.717) is 18.4 Å². The lowest BCUT2D eigenvalue weighted by Crippen LogP contribution is -2.47. The van der Waals surface area contributed by atoms with E-state index in [4.69, 9.17) is 4.74 Å². The summed E-state index contributed by atoms with van der Waals surface area (Å²) in [5, 5.41) is 0. The lowest BCUT2D eigenvalue weighted by molar-refractivity contribution is 0.278. The largest absolute Gasteiger partial charge is 0.492 e. The molecule has 0 radical (unpaired) electrons. The van der Waals surface area contributed by atoms with Crippen molar-refractivity contribution in [3.63, 3.8) is 0 Å². The highest BCUT2D eigenvalue weighted by Crippen LogP contribution is 2.39. The molecule has 1 saturated heterocycles. The van der Waals surface area contributed by atoms with E-state index in [9.17, 15) is 9.18 Å². The summed E-state index contributed by atoms with van der Waals surface area (Å²) in [5.41, 5.74) is 1.99. The van der Waals surface area contributed by atoms with Gasteiger partial charge in [-0.25, -0.2) is 4.39 Å². The van der Waals surface area contributed by atoms with Gasteiger partial charge in [-0.1, -0.05) is 6.07 Å². The van der Waals surface area contributed by atoms with Crippen LogP contribution >= 0.6 is 0 Å². The summed E-state index contributed by atoms with van der Waals surface area (Å²) >= 11 is 0. The highest BCUT2D eigenvalue weighted by Gasteiger charge is 2.35. The van der Waals surface area contributed by atoms with E-state index in [2.05, 4.69) is 4.90 Å². The van der Waals surface area contributed by atoms with Crippen molar-refractivity contribution in [1.29, 1.82) is 0 Å². The molecule has 2 bridgehead atoms. The Morgan fingerprint density at radius 1 is 1.21 bits per heavy atom. The van der Waals surface area contributed by atoms with Gasteiger partial charge < -0.3 is 14.2 Å². The van der Waals surface area contributed by atoms with E-state index >= 15 is 0 Å². The van der Waals surface area contributed by atoms with Crippen LogP contribution in [0.2, 0.25) is 0 Å². The van der Waals surface area contributed by atoms with Crippen LogP contribution in [0.15, 0.2) is 41.2 Å². The van der Waals surface area contributed by atoms with Gasteiger partial charge in [-0.3, -0.25) is 4.79 Å². The number of fused-ring (bicyclic) bond motifs is 4. The minimum Gasteiger partial charge on any atom is -0.492 e. The molecule has 0 unspecified atom stereocenters. The van der Waals surface area contributed by atoms with Crippen LogP contribution in [0.3, 0.4) is 0 Å². The third-order valence-electron chi connectivity index (χ3n) is 5.04. The molecule has 126 valence electrons. The normalized spacial score (nSPS) is 22.2. The first-order valence-electron chi connectivity index (χ1n) is 8.52. The predicted octanol–water partition coefficient (Wildman–Crippen LogP) is 3.01. The van der Waals surface area contributed by atoms with Crippen LogP contribution in [0.25, 0.3) is 0 Å². The SMILES string of the molecule is CCOc1ccc(F)cc1N1C[C@@H]2C[C@H](C1)c1cccc(=O)n1C2. The molecule has 4 rings (SSSR count). The van der Waals surface area contributed by atoms with Gasteiger partial charge in [-0.05, 0) is 37.5 Å². The van der Waals surface area contributed by atoms with E-state index in [0.717, 1.165) is 43.2 Å². The minimum atomic E-state index is -0.249. The molecule has 2 atom stereocenters. The molecule has 0 saturated carbocycles. The molecule has 1 aromatic heterocycles. The van der Waals surface area contributed by atoms with Gasteiger partial charge in [0.25, 0.3) is 5.56 Å². The molecule has 2 aromatic rings. The quantitative estimate of drug-likeness (QED) is 0.869. The van der Waals surface area contributed by atoms with Gasteiger partial charge in [0.2, 0.25) is 0 Å². The van der Waals surface area contributed by atoms with Crippen molar-refractivity contribution in [2.45, 2.75) is 25.8 Å². The fraction of sp³-hybridized carbons (Fsp3) is 0.421. The highest BCUT2D eigenvalue weighted by atomic mass is 19.1. The number of aromatic nitrogens is 1. The maximum absolute atomic E-state index is 13.8. The average Bonchev–Trinajstić information content (AvgIpc) is 2.57. The zero-order chi connectivity index (χ0) is 16.7. The first kappa shape index (κ1) is 15.2. The molecule has 24 heavy (non-hydrogen) atoms. The molecule has 1 aromatic carbocycles. The highest BCUT2D eigenvalue weighted by molar-refractivity contribution is 5.59. The Hall–Kier alpha value is -2.30. The van der Waals surface area contributed by atoms with Crippen molar-refractivity contribution in [3.8, 4) is 5.75 Å². The number of nitrogens with zero attached hydrogens (tertiary/aromatic N) is 2. The van der Waals surface area contributed by atoms with Crippen LogP contribution in [0.1, 0.15) is 25.0 Å². The minimum absolute atomic E-state index is 0.0800. The summed E-state index contributed by atoms with van der Waals surface area (Å²) in [7, 11) is 0. The lowest BCUT2D eigenvalue weighted by Gasteiger charge is -2.44. The third kappa shape index (κ3) is 2.58. The Labute approximate surface area is 140 Å². The number of rotatable bonds is 3. The second-order valence-corrected chi connectivity index (χ2v) is 6.65. The smallest absolute Gasteiger partial charge is 0.250 e. The number of piperidine rings is 1. The number of hydrogen-bond donors (Lipinski definition) is 0. The van der Waals surface area contributed by atoms with Gasteiger partial charge in [-0.2, -0.15) is 0 Å². The number of pyridine rings is 1. The maximum Gasteiger partial charge on any atom is 0.250 e. The molecule has 4 nitrogen and oxygen atoms in total. The summed E-state index contributed by atoms with van der Waals surface area (Å²) in [4.78, 5) is 14.3. The van der Waals surface area contributed by atoms with Crippen molar-refractivity contribution in [1.82, 2.24) is 4.57 Å². The third-order valence-corrected chi connectivity index (χ3v) is 5.04. The topological polar surface area (TPSA) is 34.5 Å². The van der Waals surface area contributed by atoms with Crippen LogP contribution in [0, 0.1) is 11.7 Å². The molecule has 1 fully saturated rings. The number of ether oxygens (including phenoxy) is 1. The van der Waals surface area contributed by atoms with E-state index in [-0.39, 0.29) is 11.4 Å². The second kappa shape index (κ2) is 5.96. The Kier molecular flexibility index (Phi) is 3.79. The van der Waals surface area contributed by atoms with Crippen molar-refractivity contribution in [2.24, 2.45) is 5.92 Å². The lowest BCUT2D eigenvalue weighted by atomic mass is 9.83. The van der Waals surface area contributed by atoms with Crippen LogP contribution in [-0.2, 0) is 6.54 Å². The molecular formula is C19H21FN2O2. The Balaban J connectivity index is 1.70. The van der Waals surface area contributed by atoms with Crippen LogP contribution in [0.5, 0.6) is 5.75 Å². The Morgan fingerprint density at radius 2 is 2.08 bits per heavy atom. The fourth-order valence-corrected chi connectivity index (χ4v) is 4.11. The number of hydrogen-bond acceptors (Lipinski definition) is 3. The van der Waals surface area contributed by atoms with Crippen molar-refractivity contribution in [2.75, 3.05) is 24.6 Å². The second-order valence-electron chi connectivity index (χ2n) is 6.65. The first-order valence-corrected chi connectivity index (χ1v) is 8.52. The maximum atomic E-state index is 13.8. The molecule has 2 aliphatic heterocycles. The monoisotopic (exact) mass is 328 g/mol. The van der Waals surface area contributed by atoms with Crippen LogP contribution < -0.4 is 15.2 Å². The number of halogens is 1. The van der Waals surface area contributed by atoms with Crippen molar-refractivity contribution < 1.29 is 9.13 Å². The van der Waals surface area contributed by atoms with Crippen LogP contribution in [0.4, 0.5) is 10.1 Å². The molecule has 2 aliphatic rings. The van der Waals surface area contributed by atoms with Gasteiger partial charge in [0.15, 0.2) is 0 Å². The summed E-state index contributed by atoms with van der Waals surface area (Å²) in [6.45, 7) is 4.82. The van der Waals surface area contributed by atoms with Crippen LogP contribution in [-0.4, -0.2) is 24.3 Å². The van der Waals surface area contributed by atoms with Gasteiger partial charge in [0.05, 0.1) is 12.3 Å². The van der Waals surface area contributed by atoms with Gasteiger partial charge in [0.1, 0.15) is 11.6 Å². The summed E-state index contributed by atoms with van der Waals surface area (Å²) < 4.78 is 21.4. The molecule has 0 N–H and O–H groups in total. The summed E-state index contributed by atoms with van der Waals surface area (Å²) in [6.07, 6.45) is 1.08. The van der Waals surface area contributed by atoms with Crippen molar-refractivity contribution in [3.05, 3.63) is 58.3 Å². The Bertz CT molecular complexity index is 817. The first-order chi connectivity index (χ1) is 11.7. The predicted molar refractivity (Wildman–Crippen MR) is 91.3 cm³/mol. The molecule has 0 amide bonds. The summed E-state index contributed by atoms with van der Waals surface area (Å²) in [5.74, 6) is 1.17. The standard InChI is InChI=1S/C19H21FN2O2/c1-2-24-18-7-6-15(20)9-17(18)21-10-13-8-14(12-21)16-4-3-5-19(23)22(16)11-13/h3-7,9,13-14H,2,8,10-12H2,1H3/t13-,14+/m0/s1. The average molecular weight is 328 g/mol. The van der Waals surface area contributed by atoms with Gasteiger partial charge in [0, 0.05) is 43.4 Å². The number of benzene rings is 1. The Morgan fingerprint density at radius 3 is 2.92 bits per heavy atom. The number of anilines is 1. The van der Waals surface area contributed by atoms with E-state index in [1.54, 1.807) is 18.2 Å². The fourth-order valence-electron chi connectivity index (χ4n) is 4.11. The zero-order valence-electron chi connectivity index (χ0n) is 13.7. The van der Waals surface area contributed by atoms with Crippen molar-refractivity contribution >= 4 is 5.69 Å². The molecular weight excluding hydrogens is 307 g/mol. The van der Waals surface area contributed by atoms with Gasteiger partial charge >= 0.3 is 0 Å². The zero-order valence-corrected chi connectivity index (χ0v) is 13.7. The summed E-state index contributed by atoms with van der Waals surface area (Å²) in [6, 6.07) is 10.2. The van der Waals surface area contributed by atoms with E-state index in [1.165, 1.54) is 6.07 Å². The van der Waals surface area contributed by atoms with E-state index < -0.39 is 0 Å².